The van der Waals surface area contributed by atoms with Crippen molar-refractivity contribution in [2.75, 3.05) is 24.2 Å². The zero-order chi connectivity index (χ0) is 13.7. The summed E-state index contributed by atoms with van der Waals surface area (Å²) in [6, 6.07) is 8.82. The number of rotatable bonds is 4. The molecule has 1 nitrogen and oxygen atoms in total. The van der Waals surface area contributed by atoms with Crippen molar-refractivity contribution in [3.63, 3.8) is 0 Å². The highest BCUT2D eigenvalue weighted by Gasteiger charge is 2.30. The zero-order valence-electron chi connectivity index (χ0n) is 12.4. The number of thiol groups is 1. The van der Waals surface area contributed by atoms with Gasteiger partial charge in [0.05, 0.1) is 0 Å². The van der Waals surface area contributed by atoms with Gasteiger partial charge in [-0.15, -0.1) is 0 Å². The third-order valence-electron chi connectivity index (χ3n) is 4.51. The highest BCUT2D eigenvalue weighted by Crippen LogP contribution is 2.37. The van der Waals surface area contributed by atoms with E-state index in [1.807, 2.05) is 0 Å². The first-order valence-corrected chi connectivity index (χ1v) is 8.17. The second-order valence-corrected chi connectivity index (χ2v) is 6.58. The van der Waals surface area contributed by atoms with Crippen LogP contribution >= 0.6 is 12.6 Å². The molecule has 1 aliphatic rings. The lowest BCUT2D eigenvalue weighted by atomic mass is 9.81. The Kier molecular flexibility index (Phi) is 5.20. The van der Waals surface area contributed by atoms with E-state index in [0.717, 1.165) is 12.3 Å². The second-order valence-electron chi connectivity index (χ2n) is 6.27. The highest BCUT2D eigenvalue weighted by molar-refractivity contribution is 7.80. The number of hydrogen-bond donors (Lipinski definition) is 1. The van der Waals surface area contributed by atoms with Gasteiger partial charge < -0.3 is 4.90 Å². The van der Waals surface area contributed by atoms with Crippen LogP contribution in [0, 0.1) is 12.3 Å². The standard InChI is InChI=1S/C17H27NS/c1-15-8-7-9-16(12-15)18(2)13-17(14-19)10-5-3-4-6-11-17/h7-9,12,19H,3-6,10-11,13-14H2,1-2H3. The molecular weight excluding hydrogens is 250 g/mol. The summed E-state index contributed by atoms with van der Waals surface area (Å²) in [5, 5.41) is 0. The topological polar surface area (TPSA) is 3.24 Å². The second kappa shape index (κ2) is 6.69. The number of benzene rings is 1. The Balaban J connectivity index is 2.08. The van der Waals surface area contributed by atoms with Gasteiger partial charge >= 0.3 is 0 Å². The molecule has 0 N–H and O–H groups in total. The summed E-state index contributed by atoms with van der Waals surface area (Å²) in [7, 11) is 2.23. The highest BCUT2D eigenvalue weighted by atomic mass is 32.1. The van der Waals surface area contributed by atoms with Crippen LogP contribution in [0.2, 0.25) is 0 Å². The van der Waals surface area contributed by atoms with E-state index in [0.29, 0.717) is 5.41 Å². The Hall–Kier alpha value is -0.630. The number of aryl methyl sites for hydroxylation is 1. The van der Waals surface area contributed by atoms with E-state index < -0.39 is 0 Å². The predicted octanol–water partition coefficient (Wildman–Crippen LogP) is 4.70. The average Bonchev–Trinajstić information content (AvgIpc) is 2.65. The molecule has 0 amide bonds. The van der Waals surface area contributed by atoms with Crippen LogP contribution in [0.1, 0.15) is 44.1 Å². The van der Waals surface area contributed by atoms with Crippen LogP contribution in [0.15, 0.2) is 24.3 Å². The van der Waals surface area contributed by atoms with Crippen molar-refractivity contribution >= 4 is 18.3 Å². The molecule has 2 rings (SSSR count). The van der Waals surface area contributed by atoms with E-state index in [1.165, 1.54) is 49.8 Å². The molecule has 0 saturated heterocycles. The van der Waals surface area contributed by atoms with E-state index >= 15 is 0 Å². The van der Waals surface area contributed by atoms with Crippen molar-refractivity contribution in [1.29, 1.82) is 0 Å². The van der Waals surface area contributed by atoms with Crippen LogP contribution < -0.4 is 4.90 Å². The lowest BCUT2D eigenvalue weighted by Crippen LogP contribution is -2.37. The molecule has 2 heteroatoms. The number of nitrogens with zero attached hydrogens (tertiary/aromatic N) is 1. The van der Waals surface area contributed by atoms with Crippen molar-refractivity contribution in [2.24, 2.45) is 5.41 Å². The fourth-order valence-electron chi connectivity index (χ4n) is 3.30. The van der Waals surface area contributed by atoms with Crippen LogP contribution in [0.5, 0.6) is 0 Å². The molecule has 1 fully saturated rings. The fourth-order valence-corrected chi connectivity index (χ4v) is 3.72. The van der Waals surface area contributed by atoms with Gasteiger partial charge in [-0.05, 0) is 48.6 Å². The first kappa shape index (κ1) is 14.8. The normalized spacial score (nSPS) is 18.9. The Morgan fingerprint density at radius 1 is 1.16 bits per heavy atom. The minimum atomic E-state index is 0.415. The van der Waals surface area contributed by atoms with E-state index in [-0.39, 0.29) is 0 Å². The van der Waals surface area contributed by atoms with Gasteiger partial charge in [0.2, 0.25) is 0 Å². The van der Waals surface area contributed by atoms with Crippen LogP contribution in [0.25, 0.3) is 0 Å². The fraction of sp³-hybridized carbons (Fsp3) is 0.647. The van der Waals surface area contributed by atoms with Gasteiger partial charge in [-0.3, -0.25) is 0 Å². The van der Waals surface area contributed by atoms with Crippen molar-refractivity contribution in [3.8, 4) is 0 Å². The minimum Gasteiger partial charge on any atom is -0.374 e. The predicted molar refractivity (Wildman–Crippen MR) is 88.4 cm³/mol. The molecule has 0 spiro atoms. The molecule has 0 atom stereocenters. The largest absolute Gasteiger partial charge is 0.374 e. The van der Waals surface area contributed by atoms with E-state index in [1.54, 1.807) is 0 Å². The lowest BCUT2D eigenvalue weighted by Gasteiger charge is -2.36. The molecule has 1 aromatic carbocycles. The molecule has 0 aliphatic heterocycles. The third-order valence-corrected chi connectivity index (χ3v) is 5.19. The van der Waals surface area contributed by atoms with Gasteiger partial charge in [0, 0.05) is 19.3 Å². The molecular formula is C17H27NS. The Morgan fingerprint density at radius 3 is 2.42 bits per heavy atom. The summed E-state index contributed by atoms with van der Waals surface area (Å²) in [5.74, 6) is 1.02. The summed E-state index contributed by atoms with van der Waals surface area (Å²) in [6.07, 6.45) is 8.25. The van der Waals surface area contributed by atoms with Crippen molar-refractivity contribution in [3.05, 3.63) is 29.8 Å². The summed E-state index contributed by atoms with van der Waals surface area (Å²) >= 11 is 4.68. The van der Waals surface area contributed by atoms with Gasteiger partial charge in [0.25, 0.3) is 0 Å². The third kappa shape index (κ3) is 3.92. The van der Waals surface area contributed by atoms with Crippen molar-refractivity contribution in [2.45, 2.75) is 45.4 Å². The Bertz CT molecular complexity index is 394. The molecule has 1 aromatic rings. The SMILES string of the molecule is Cc1cccc(N(C)CC2(CS)CCCCCC2)c1. The van der Waals surface area contributed by atoms with Crippen LogP contribution in [-0.2, 0) is 0 Å². The molecule has 0 unspecified atom stereocenters. The Labute approximate surface area is 123 Å². The smallest absolute Gasteiger partial charge is 0.0366 e. The maximum absolute atomic E-state index is 4.68. The van der Waals surface area contributed by atoms with Crippen LogP contribution in [0.3, 0.4) is 0 Å². The van der Waals surface area contributed by atoms with Crippen LogP contribution in [-0.4, -0.2) is 19.3 Å². The van der Waals surface area contributed by atoms with Crippen LogP contribution in [0.4, 0.5) is 5.69 Å². The van der Waals surface area contributed by atoms with Crippen molar-refractivity contribution in [1.82, 2.24) is 0 Å². The molecule has 0 heterocycles. The molecule has 1 aliphatic carbocycles. The zero-order valence-corrected chi connectivity index (χ0v) is 13.3. The maximum Gasteiger partial charge on any atom is 0.0366 e. The number of hydrogen-bond acceptors (Lipinski definition) is 2. The molecule has 19 heavy (non-hydrogen) atoms. The molecule has 1 saturated carbocycles. The monoisotopic (exact) mass is 277 g/mol. The Morgan fingerprint density at radius 2 is 1.84 bits per heavy atom. The molecule has 0 bridgehead atoms. The number of anilines is 1. The van der Waals surface area contributed by atoms with Gasteiger partial charge in [0.15, 0.2) is 0 Å². The molecule has 0 radical (unpaired) electrons. The summed E-state index contributed by atoms with van der Waals surface area (Å²) < 4.78 is 0. The summed E-state index contributed by atoms with van der Waals surface area (Å²) in [5.41, 5.74) is 3.09. The lowest BCUT2D eigenvalue weighted by molar-refractivity contribution is 0.293. The van der Waals surface area contributed by atoms with E-state index in [4.69, 9.17) is 0 Å². The maximum atomic E-state index is 4.68. The van der Waals surface area contributed by atoms with Gasteiger partial charge in [0.1, 0.15) is 0 Å². The molecule has 106 valence electrons. The van der Waals surface area contributed by atoms with E-state index in [9.17, 15) is 0 Å². The van der Waals surface area contributed by atoms with Gasteiger partial charge in [-0.1, -0.05) is 37.8 Å². The van der Waals surface area contributed by atoms with Crippen molar-refractivity contribution < 1.29 is 0 Å². The van der Waals surface area contributed by atoms with Gasteiger partial charge in [-0.25, -0.2) is 0 Å². The first-order chi connectivity index (χ1) is 9.15. The van der Waals surface area contributed by atoms with Gasteiger partial charge in [-0.2, -0.15) is 12.6 Å². The summed E-state index contributed by atoms with van der Waals surface area (Å²) in [6.45, 7) is 3.30. The average molecular weight is 277 g/mol. The van der Waals surface area contributed by atoms with E-state index in [2.05, 4.69) is 55.8 Å². The first-order valence-electron chi connectivity index (χ1n) is 7.54. The minimum absolute atomic E-state index is 0.415. The quantitative estimate of drug-likeness (QED) is 0.616. The summed E-state index contributed by atoms with van der Waals surface area (Å²) in [4.78, 5) is 2.43. The molecule has 0 aromatic heterocycles.